The summed E-state index contributed by atoms with van der Waals surface area (Å²) < 4.78 is 0. The minimum atomic E-state index is 0.749. The molecule has 5 aliphatic carbocycles. The van der Waals surface area contributed by atoms with Crippen molar-refractivity contribution in [1.82, 2.24) is 0 Å². The smallest absolute Gasteiger partial charge is 0.0179 e. The van der Waals surface area contributed by atoms with E-state index >= 15 is 0 Å². The maximum atomic E-state index is 2.61. The van der Waals surface area contributed by atoms with E-state index in [1.165, 1.54) is 12.8 Å². The number of rotatable bonds is 2. The largest absolute Gasteiger partial charge is 0.0623 e. The molecule has 0 saturated heterocycles. The van der Waals surface area contributed by atoms with Crippen LogP contribution in [-0.4, -0.2) is 0 Å². The van der Waals surface area contributed by atoms with Gasteiger partial charge in [-0.05, 0) is 116 Å². The number of hydrogen-bond donors (Lipinski definition) is 0. The predicted molar refractivity (Wildman–Crippen MR) is 125 cm³/mol. The van der Waals surface area contributed by atoms with Gasteiger partial charge in [0.25, 0.3) is 0 Å². The molecule has 0 N–H and O–H groups in total. The lowest BCUT2D eigenvalue weighted by Gasteiger charge is -2.58. The summed E-state index contributed by atoms with van der Waals surface area (Å²) in [5, 5.41) is 0. The van der Waals surface area contributed by atoms with Gasteiger partial charge < -0.3 is 0 Å². The van der Waals surface area contributed by atoms with Crippen molar-refractivity contribution in [3.05, 3.63) is 0 Å². The summed E-state index contributed by atoms with van der Waals surface area (Å²) in [5.41, 5.74) is 0.749. The highest BCUT2D eigenvalue weighted by Crippen LogP contribution is 2.72. The van der Waals surface area contributed by atoms with Crippen molar-refractivity contribution in [2.45, 2.75) is 118 Å². The molecule has 5 rings (SSSR count). The van der Waals surface area contributed by atoms with Gasteiger partial charge in [-0.1, -0.05) is 66.2 Å². The van der Waals surface area contributed by atoms with Crippen molar-refractivity contribution in [2.24, 2.45) is 64.6 Å². The molecule has 166 valence electrons. The van der Waals surface area contributed by atoms with Crippen LogP contribution >= 0.6 is 0 Å². The monoisotopic (exact) mass is 398 g/mol. The summed E-state index contributed by atoms with van der Waals surface area (Å²) in [5.74, 6) is 10.5. The predicted octanol–water partition coefficient (Wildman–Crippen LogP) is 8.74. The molecule has 5 fully saturated rings. The molecule has 0 aliphatic heterocycles. The lowest BCUT2D eigenvalue weighted by atomic mass is 9.47. The van der Waals surface area contributed by atoms with E-state index in [1.807, 2.05) is 0 Å². The second-order valence-electron chi connectivity index (χ2n) is 13.0. The summed E-state index contributed by atoms with van der Waals surface area (Å²) >= 11 is 0. The van der Waals surface area contributed by atoms with Gasteiger partial charge in [-0.2, -0.15) is 0 Å². The Hall–Kier alpha value is 0. The van der Waals surface area contributed by atoms with Gasteiger partial charge in [-0.15, -0.1) is 0 Å². The van der Waals surface area contributed by atoms with Gasteiger partial charge in [-0.25, -0.2) is 0 Å². The summed E-state index contributed by atoms with van der Waals surface area (Å²) in [7, 11) is 0. The third-order valence-electron chi connectivity index (χ3n) is 12.1. The summed E-state index contributed by atoms with van der Waals surface area (Å²) in [6.45, 7) is 10.3. The zero-order chi connectivity index (χ0) is 20.2. The molecule has 0 bridgehead atoms. The van der Waals surface area contributed by atoms with Crippen LogP contribution in [0.2, 0.25) is 0 Å². The first kappa shape index (κ1) is 20.9. The average Bonchev–Trinajstić information content (AvgIpc) is 3.04. The van der Waals surface area contributed by atoms with Gasteiger partial charge in [0.2, 0.25) is 0 Å². The second kappa shape index (κ2) is 8.16. The van der Waals surface area contributed by atoms with Gasteiger partial charge >= 0.3 is 0 Å². The normalized spacial score (nSPS) is 55.9. The van der Waals surface area contributed by atoms with E-state index in [0.717, 1.165) is 64.6 Å². The van der Waals surface area contributed by atoms with E-state index in [1.54, 1.807) is 77.0 Å². The van der Waals surface area contributed by atoms with E-state index < -0.39 is 0 Å². The van der Waals surface area contributed by atoms with E-state index in [2.05, 4.69) is 27.7 Å². The van der Waals surface area contributed by atoms with Crippen LogP contribution in [0.4, 0.5) is 0 Å². The van der Waals surface area contributed by atoms with E-state index in [0.29, 0.717) is 0 Å². The molecule has 0 spiro atoms. The van der Waals surface area contributed by atoms with Crippen molar-refractivity contribution in [3.63, 3.8) is 0 Å². The Labute approximate surface area is 182 Å². The molecule has 0 nitrogen and oxygen atoms in total. The maximum absolute atomic E-state index is 2.61. The Morgan fingerprint density at radius 2 is 0.862 bits per heavy atom. The van der Waals surface area contributed by atoms with Crippen LogP contribution in [0.1, 0.15) is 118 Å². The van der Waals surface area contributed by atoms with Crippen LogP contribution < -0.4 is 0 Å². The van der Waals surface area contributed by atoms with Gasteiger partial charge in [0, 0.05) is 0 Å². The first-order valence-electron chi connectivity index (χ1n) is 14.0. The molecular formula is C29H50. The van der Waals surface area contributed by atoms with Crippen LogP contribution in [0, 0.1) is 64.6 Å². The Kier molecular flexibility index (Phi) is 5.88. The second-order valence-corrected chi connectivity index (χ2v) is 13.0. The molecule has 5 saturated carbocycles. The fraction of sp³-hybridized carbons (Fsp3) is 1.00. The van der Waals surface area contributed by atoms with Crippen molar-refractivity contribution in [1.29, 1.82) is 0 Å². The zero-order valence-corrected chi connectivity index (χ0v) is 20.2. The molecule has 0 aromatic rings. The maximum Gasteiger partial charge on any atom is -0.0179 e. The first-order valence-corrected chi connectivity index (χ1v) is 14.0. The van der Waals surface area contributed by atoms with Crippen LogP contribution in [0.5, 0.6) is 0 Å². The van der Waals surface area contributed by atoms with Crippen molar-refractivity contribution in [2.75, 3.05) is 0 Å². The molecule has 0 heteroatoms. The molecule has 0 radical (unpaired) electrons. The fourth-order valence-corrected chi connectivity index (χ4v) is 10.4. The average molecular weight is 399 g/mol. The van der Waals surface area contributed by atoms with E-state index in [9.17, 15) is 0 Å². The highest BCUT2D eigenvalue weighted by molar-refractivity contribution is 5.13. The topological polar surface area (TPSA) is 0 Å². The fourth-order valence-electron chi connectivity index (χ4n) is 10.4. The molecule has 0 aromatic carbocycles. The Morgan fingerprint density at radius 1 is 0.448 bits per heavy atom. The highest BCUT2D eigenvalue weighted by atomic mass is 14.7. The minimum absolute atomic E-state index is 0.749. The molecule has 10 unspecified atom stereocenters. The third kappa shape index (κ3) is 3.28. The molecule has 10 atom stereocenters. The molecule has 0 heterocycles. The molecular weight excluding hydrogens is 348 g/mol. The summed E-state index contributed by atoms with van der Waals surface area (Å²) in [4.78, 5) is 0. The van der Waals surface area contributed by atoms with Crippen LogP contribution in [0.25, 0.3) is 0 Å². The number of fused-ring (bicyclic) bond motifs is 3. The molecule has 29 heavy (non-hydrogen) atoms. The van der Waals surface area contributed by atoms with Crippen LogP contribution in [-0.2, 0) is 0 Å². The van der Waals surface area contributed by atoms with Crippen molar-refractivity contribution >= 4 is 0 Å². The van der Waals surface area contributed by atoms with Gasteiger partial charge in [0.1, 0.15) is 0 Å². The molecule has 0 aromatic heterocycles. The Balaban J connectivity index is 1.57. The highest BCUT2D eigenvalue weighted by Gasteiger charge is 2.65. The Morgan fingerprint density at radius 3 is 1.28 bits per heavy atom. The quantitative estimate of drug-likeness (QED) is 0.436. The van der Waals surface area contributed by atoms with Gasteiger partial charge in [0.05, 0.1) is 0 Å². The van der Waals surface area contributed by atoms with Crippen LogP contribution in [0.15, 0.2) is 0 Å². The number of hydrogen-bond acceptors (Lipinski definition) is 0. The zero-order valence-electron chi connectivity index (χ0n) is 20.2. The first-order chi connectivity index (χ1) is 14.0. The van der Waals surface area contributed by atoms with E-state index in [4.69, 9.17) is 0 Å². The molecule has 0 amide bonds. The van der Waals surface area contributed by atoms with Gasteiger partial charge in [-0.3, -0.25) is 0 Å². The van der Waals surface area contributed by atoms with Crippen molar-refractivity contribution < 1.29 is 0 Å². The third-order valence-corrected chi connectivity index (χ3v) is 12.1. The minimum Gasteiger partial charge on any atom is -0.0623 e. The standard InChI is InChI=1S/C29H50/c1-19-13-15-23(17-21(19)3)29(24-16-14-20(2)22(4)18-24)27-11-7-5-9-25(27)26-10-6-8-12-28(26)29/h19-28H,5-18H2,1-4H3. The lowest BCUT2D eigenvalue weighted by Crippen LogP contribution is -2.51. The van der Waals surface area contributed by atoms with Crippen molar-refractivity contribution in [3.8, 4) is 0 Å². The SMILES string of the molecule is CC1CCC(C2(C3CCC(C)C(C)C3)C3CCCCC3C3CCCCC32)CC1C. The van der Waals surface area contributed by atoms with Crippen LogP contribution in [0.3, 0.4) is 0 Å². The van der Waals surface area contributed by atoms with E-state index in [-0.39, 0.29) is 0 Å². The Bertz CT molecular complexity index is 512. The summed E-state index contributed by atoms with van der Waals surface area (Å²) in [6, 6.07) is 0. The van der Waals surface area contributed by atoms with Gasteiger partial charge in [0.15, 0.2) is 0 Å². The molecule has 5 aliphatic rings. The lowest BCUT2D eigenvalue weighted by molar-refractivity contribution is -0.0947. The summed E-state index contributed by atoms with van der Waals surface area (Å²) in [6.07, 6.45) is 22.0.